The molecule has 0 bridgehead atoms. The number of sulfonamides is 1. The first-order valence-electron chi connectivity index (χ1n) is 9.66. The maximum Gasteiger partial charge on any atom is 0.263 e. The molecule has 166 valence electrons. The highest BCUT2D eigenvalue weighted by Gasteiger charge is 2.34. The normalized spacial score (nSPS) is 16.2. The number of anilines is 2. The summed E-state index contributed by atoms with van der Waals surface area (Å²) in [5, 5.41) is 5.27. The zero-order valence-electron chi connectivity index (χ0n) is 16.7. The molecule has 1 saturated heterocycles. The van der Waals surface area contributed by atoms with Crippen LogP contribution in [-0.2, 0) is 26.2 Å². The van der Waals surface area contributed by atoms with Gasteiger partial charge in [-0.25, -0.2) is 13.4 Å². The Balaban J connectivity index is 1.37. The van der Waals surface area contributed by atoms with Crippen LogP contribution in [0.4, 0.5) is 10.8 Å². The van der Waals surface area contributed by atoms with Gasteiger partial charge in [-0.3, -0.25) is 14.3 Å². The van der Waals surface area contributed by atoms with E-state index in [4.69, 9.17) is 11.6 Å². The summed E-state index contributed by atoms with van der Waals surface area (Å²) in [6, 6.07) is 13.1. The predicted molar refractivity (Wildman–Crippen MR) is 123 cm³/mol. The van der Waals surface area contributed by atoms with E-state index in [1.54, 1.807) is 16.3 Å². The Labute approximate surface area is 194 Å². The highest BCUT2D eigenvalue weighted by molar-refractivity contribution is 7.93. The van der Waals surface area contributed by atoms with Gasteiger partial charge in [0.1, 0.15) is 0 Å². The van der Waals surface area contributed by atoms with Crippen LogP contribution in [0.25, 0.3) is 0 Å². The van der Waals surface area contributed by atoms with Crippen LogP contribution in [-0.4, -0.2) is 36.7 Å². The predicted octanol–water partition coefficient (Wildman–Crippen LogP) is 3.58. The van der Waals surface area contributed by atoms with Gasteiger partial charge in [0, 0.05) is 41.8 Å². The summed E-state index contributed by atoms with van der Waals surface area (Å²) in [7, 11) is -3.77. The Bertz CT molecular complexity index is 1230. The van der Waals surface area contributed by atoms with Gasteiger partial charge in [-0.05, 0) is 35.9 Å². The molecule has 1 aromatic heterocycles. The van der Waals surface area contributed by atoms with Crippen molar-refractivity contribution in [3.63, 3.8) is 0 Å². The van der Waals surface area contributed by atoms with Gasteiger partial charge in [-0.2, -0.15) is 0 Å². The lowest BCUT2D eigenvalue weighted by atomic mass is 10.1. The molecule has 1 aliphatic heterocycles. The summed E-state index contributed by atoms with van der Waals surface area (Å²) in [6.07, 6.45) is 1.62. The summed E-state index contributed by atoms with van der Waals surface area (Å²) in [5.74, 6) is -0.906. The quantitative estimate of drug-likeness (QED) is 0.526. The third-order valence-electron chi connectivity index (χ3n) is 4.99. The van der Waals surface area contributed by atoms with Gasteiger partial charge in [0.15, 0.2) is 5.13 Å². The number of thiazole rings is 1. The minimum atomic E-state index is -3.77. The minimum Gasteiger partial charge on any atom is -0.337 e. The van der Waals surface area contributed by atoms with Crippen molar-refractivity contribution in [3.05, 3.63) is 70.7 Å². The fraction of sp³-hybridized carbons (Fsp3) is 0.190. The number of nitrogens with zero attached hydrogens (tertiary/aromatic N) is 2. The first-order chi connectivity index (χ1) is 15.3. The number of rotatable bonds is 7. The molecule has 2 aromatic carbocycles. The van der Waals surface area contributed by atoms with Gasteiger partial charge in [0.2, 0.25) is 11.8 Å². The number of amides is 2. The van der Waals surface area contributed by atoms with E-state index in [1.165, 1.54) is 41.8 Å². The van der Waals surface area contributed by atoms with E-state index < -0.39 is 15.9 Å². The van der Waals surface area contributed by atoms with Crippen molar-refractivity contribution >= 4 is 55.6 Å². The maximum atomic E-state index is 12.7. The number of aromatic nitrogens is 1. The van der Waals surface area contributed by atoms with E-state index in [0.29, 0.717) is 23.8 Å². The Morgan fingerprint density at radius 2 is 1.94 bits per heavy atom. The standard InChI is InChI=1S/C21H19ClN4O4S2/c22-18-4-2-1-3-14(18)12-26-13-15(11-19(26)27)20(28)24-16-5-7-17(8-6-16)32(29,30)25-21-23-9-10-31-21/h1-10,15H,11-13H2,(H,23,25)(H,24,28)/t15-/m1/s1. The van der Waals surface area contributed by atoms with Crippen LogP contribution in [0.15, 0.2) is 65.0 Å². The molecule has 2 heterocycles. The Kier molecular flexibility index (Phi) is 6.45. The molecule has 0 radical (unpaired) electrons. The number of likely N-dealkylation sites (tertiary alicyclic amines) is 1. The lowest BCUT2D eigenvalue weighted by molar-refractivity contribution is -0.128. The summed E-state index contributed by atoms with van der Waals surface area (Å²) in [6.45, 7) is 0.640. The number of carbonyl (C=O) groups excluding carboxylic acids is 2. The molecule has 4 rings (SSSR count). The number of nitrogens with one attached hydrogen (secondary N) is 2. The molecule has 1 aliphatic rings. The van der Waals surface area contributed by atoms with Crippen LogP contribution >= 0.6 is 22.9 Å². The second kappa shape index (κ2) is 9.27. The number of halogens is 1. The number of benzene rings is 2. The van der Waals surface area contributed by atoms with Crippen LogP contribution < -0.4 is 10.0 Å². The van der Waals surface area contributed by atoms with E-state index >= 15 is 0 Å². The van der Waals surface area contributed by atoms with E-state index in [9.17, 15) is 18.0 Å². The van der Waals surface area contributed by atoms with Crippen molar-refractivity contribution in [3.8, 4) is 0 Å². The molecule has 0 spiro atoms. The van der Waals surface area contributed by atoms with Crippen molar-refractivity contribution < 1.29 is 18.0 Å². The van der Waals surface area contributed by atoms with Crippen molar-refractivity contribution in [1.29, 1.82) is 0 Å². The Morgan fingerprint density at radius 3 is 2.62 bits per heavy atom. The highest BCUT2D eigenvalue weighted by atomic mass is 35.5. The van der Waals surface area contributed by atoms with E-state index in [2.05, 4.69) is 15.0 Å². The van der Waals surface area contributed by atoms with Gasteiger partial charge in [0.25, 0.3) is 10.0 Å². The molecule has 2 N–H and O–H groups in total. The van der Waals surface area contributed by atoms with E-state index in [0.717, 1.165) is 5.56 Å². The average molecular weight is 491 g/mol. The third kappa shape index (κ3) is 5.09. The van der Waals surface area contributed by atoms with Crippen molar-refractivity contribution in [2.24, 2.45) is 5.92 Å². The van der Waals surface area contributed by atoms with E-state index in [-0.39, 0.29) is 28.3 Å². The molecule has 1 atom stereocenters. The topological polar surface area (TPSA) is 108 Å². The largest absolute Gasteiger partial charge is 0.337 e. The van der Waals surface area contributed by atoms with E-state index in [1.807, 2.05) is 18.2 Å². The number of hydrogen-bond donors (Lipinski definition) is 2. The van der Waals surface area contributed by atoms with Crippen LogP contribution in [0.3, 0.4) is 0 Å². The minimum absolute atomic E-state index is 0.0488. The van der Waals surface area contributed by atoms with Crippen LogP contribution in [0.5, 0.6) is 0 Å². The van der Waals surface area contributed by atoms with Crippen molar-refractivity contribution in [2.45, 2.75) is 17.9 Å². The average Bonchev–Trinajstić information content (AvgIpc) is 3.39. The molecule has 8 nitrogen and oxygen atoms in total. The monoisotopic (exact) mass is 490 g/mol. The smallest absolute Gasteiger partial charge is 0.263 e. The lowest BCUT2D eigenvalue weighted by Gasteiger charge is -2.17. The first kappa shape index (κ1) is 22.3. The Hall–Kier alpha value is -2.95. The molecule has 32 heavy (non-hydrogen) atoms. The lowest BCUT2D eigenvalue weighted by Crippen LogP contribution is -2.28. The summed E-state index contributed by atoms with van der Waals surface area (Å²) in [4.78, 5) is 30.6. The zero-order chi connectivity index (χ0) is 22.7. The molecular formula is C21H19ClN4O4S2. The maximum absolute atomic E-state index is 12.7. The van der Waals surface area contributed by atoms with Gasteiger partial charge in [-0.1, -0.05) is 29.8 Å². The number of carbonyl (C=O) groups is 2. The Morgan fingerprint density at radius 1 is 1.19 bits per heavy atom. The molecule has 0 saturated carbocycles. The van der Waals surface area contributed by atoms with Crippen LogP contribution in [0.1, 0.15) is 12.0 Å². The molecule has 3 aromatic rings. The first-order valence-corrected chi connectivity index (χ1v) is 12.4. The van der Waals surface area contributed by atoms with Gasteiger partial charge < -0.3 is 10.2 Å². The van der Waals surface area contributed by atoms with Gasteiger partial charge in [0.05, 0.1) is 10.8 Å². The third-order valence-corrected chi connectivity index (χ3v) is 7.53. The van der Waals surface area contributed by atoms with Crippen molar-refractivity contribution in [1.82, 2.24) is 9.88 Å². The summed E-state index contributed by atoms with van der Waals surface area (Å²) < 4.78 is 27.2. The summed E-state index contributed by atoms with van der Waals surface area (Å²) >= 11 is 7.35. The zero-order valence-corrected chi connectivity index (χ0v) is 19.1. The second-order valence-corrected chi connectivity index (χ2v) is 10.2. The highest BCUT2D eigenvalue weighted by Crippen LogP contribution is 2.25. The SMILES string of the molecule is O=C(Nc1ccc(S(=O)(=O)Nc2nccs2)cc1)[C@@H]1CC(=O)N(Cc2ccccc2Cl)C1. The molecule has 11 heteroatoms. The van der Waals surface area contributed by atoms with Crippen molar-refractivity contribution in [2.75, 3.05) is 16.6 Å². The second-order valence-electron chi connectivity index (χ2n) is 7.22. The van der Waals surface area contributed by atoms with Crippen LogP contribution in [0, 0.1) is 5.92 Å². The van der Waals surface area contributed by atoms with Gasteiger partial charge >= 0.3 is 0 Å². The molecule has 0 unspecified atom stereocenters. The number of hydrogen-bond acceptors (Lipinski definition) is 6. The molecule has 1 fully saturated rings. The molecular weight excluding hydrogens is 472 g/mol. The fourth-order valence-corrected chi connectivity index (χ4v) is 5.33. The van der Waals surface area contributed by atoms with Crippen LogP contribution in [0.2, 0.25) is 5.02 Å². The molecule has 0 aliphatic carbocycles. The summed E-state index contributed by atoms with van der Waals surface area (Å²) in [5.41, 5.74) is 1.27. The fourth-order valence-electron chi connectivity index (χ4n) is 3.34. The van der Waals surface area contributed by atoms with Gasteiger partial charge in [-0.15, -0.1) is 11.3 Å². The molecule has 2 amide bonds.